The molecule has 0 fully saturated rings. The predicted octanol–water partition coefficient (Wildman–Crippen LogP) is 2.02. The molecule has 23 heavy (non-hydrogen) atoms. The maximum absolute atomic E-state index is 13.2. The molecule has 3 atom stereocenters. The van der Waals surface area contributed by atoms with Crippen LogP contribution in [0.3, 0.4) is 0 Å². The van der Waals surface area contributed by atoms with Crippen LogP contribution in [0.25, 0.3) is 0 Å². The molecule has 0 bridgehead atoms. The van der Waals surface area contributed by atoms with Gasteiger partial charge in [-0.05, 0) is 28.8 Å². The van der Waals surface area contributed by atoms with Gasteiger partial charge in [0, 0.05) is 6.42 Å². The fourth-order valence-corrected chi connectivity index (χ4v) is 2.99. The number of carbonyl (C=O) groups is 1. The van der Waals surface area contributed by atoms with E-state index in [4.69, 9.17) is 0 Å². The van der Waals surface area contributed by atoms with Crippen LogP contribution in [0.2, 0.25) is 0 Å². The van der Waals surface area contributed by atoms with Crippen molar-refractivity contribution in [2.45, 2.75) is 31.1 Å². The van der Waals surface area contributed by atoms with Crippen LogP contribution in [0.5, 0.6) is 0 Å². The molecule has 3 rings (SSSR count). The van der Waals surface area contributed by atoms with Crippen LogP contribution in [-0.4, -0.2) is 22.2 Å². The van der Waals surface area contributed by atoms with Gasteiger partial charge in [-0.25, -0.2) is 4.39 Å². The summed E-state index contributed by atoms with van der Waals surface area (Å²) in [7, 11) is 0. The summed E-state index contributed by atoms with van der Waals surface area (Å²) in [5, 5.41) is 22.9. The zero-order valence-corrected chi connectivity index (χ0v) is 12.4. The van der Waals surface area contributed by atoms with Gasteiger partial charge in [-0.2, -0.15) is 0 Å². The highest BCUT2D eigenvalue weighted by atomic mass is 19.1. The monoisotopic (exact) mass is 315 g/mol. The molecule has 2 aromatic carbocycles. The number of rotatable bonds is 4. The number of fused-ring (bicyclic) bond motifs is 1. The summed E-state index contributed by atoms with van der Waals surface area (Å²) in [5.74, 6) is -0.843. The van der Waals surface area contributed by atoms with Crippen LogP contribution >= 0.6 is 0 Å². The van der Waals surface area contributed by atoms with Crippen molar-refractivity contribution < 1.29 is 19.4 Å². The molecule has 120 valence electrons. The highest BCUT2D eigenvalue weighted by molar-refractivity contribution is 5.77. The number of aliphatic hydroxyl groups is 2. The summed E-state index contributed by atoms with van der Waals surface area (Å²) in [6.07, 6.45) is -1.45. The third kappa shape index (κ3) is 3.41. The second kappa shape index (κ2) is 6.48. The lowest BCUT2D eigenvalue weighted by Gasteiger charge is -2.19. The average Bonchev–Trinajstić information content (AvgIpc) is 2.83. The first-order chi connectivity index (χ1) is 11.0. The third-order valence-electron chi connectivity index (χ3n) is 4.13. The van der Waals surface area contributed by atoms with Gasteiger partial charge in [-0.15, -0.1) is 0 Å². The van der Waals surface area contributed by atoms with Gasteiger partial charge < -0.3 is 15.5 Å². The van der Waals surface area contributed by atoms with Gasteiger partial charge in [0.2, 0.25) is 5.91 Å². The molecule has 5 heteroatoms. The Morgan fingerprint density at radius 1 is 1.26 bits per heavy atom. The molecule has 4 nitrogen and oxygen atoms in total. The van der Waals surface area contributed by atoms with Crippen LogP contribution in [0.15, 0.2) is 48.5 Å². The molecule has 0 radical (unpaired) electrons. The van der Waals surface area contributed by atoms with Crippen molar-refractivity contribution in [3.05, 3.63) is 71.0 Å². The van der Waals surface area contributed by atoms with E-state index in [0.717, 1.165) is 11.1 Å². The topological polar surface area (TPSA) is 69.6 Å². The number of hydrogen-bond acceptors (Lipinski definition) is 3. The van der Waals surface area contributed by atoms with Crippen molar-refractivity contribution in [2.24, 2.45) is 0 Å². The van der Waals surface area contributed by atoms with Crippen molar-refractivity contribution in [1.82, 2.24) is 5.32 Å². The van der Waals surface area contributed by atoms with Crippen LogP contribution in [-0.2, 0) is 11.2 Å². The molecule has 0 saturated carbocycles. The molecule has 0 saturated heterocycles. The van der Waals surface area contributed by atoms with Gasteiger partial charge in [0.05, 0.1) is 24.7 Å². The normalized spacial score (nSPS) is 20.8. The fraction of sp³-hybridized carbons (Fsp3) is 0.278. The molecular formula is C18H18FNO3. The Bertz CT molecular complexity index is 719. The number of nitrogens with one attached hydrogen (secondary N) is 1. The maximum atomic E-state index is 13.2. The minimum atomic E-state index is -1.08. The molecular weight excluding hydrogens is 297 g/mol. The van der Waals surface area contributed by atoms with Crippen molar-refractivity contribution in [1.29, 1.82) is 0 Å². The Morgan fingerprint density at radius 3 is 2.83 bits per heavy atom. The van der Waals surface area contributed by atoms with E-state index < -0.39 is 24.1 Å². The molecule has 1 aliphatic rings. The van der Waals surface area contributed by atoms with E-state index in [-0.39, 0.29) is 12.3 Å². The summed E-state index contributed by atoms with van der Waals surface area (Å²) in [6.45, 7) is 0. The van der Waals surface area contributed by atoms with Crippen molar-refractivity contribution in [3.63, 3.8) is 0 Å². The van der Waals surface area contributed by atoms with Gasteiger partial charge in [-0.1, -0.05) is 36.4 Å². The van der Waals surface area contributed by atoms with Crippen LogP contribution < -0.4 is 5.32 Å². The van der Waals surface area contributed by atoms with Crippen LogP contribution in [0.1, 0.15) is 35.3 Å². The molecule has 3 unspecified atom stereocenters. The maximum Gasteiger partial charge on any atom is 0.223 e. The van der Waals surface area contributed by atoms with Crippen molar-refractivity contribution >= 4 is 5.91 Å². The number of hydrogen-bond donors (Lipinski definition) is 3. The van der Waals surface area contributed by atoms with E-state index >= 15 is 0 Å². The minimum Gasteiger partial charge on any atom is -0.390 e. The smallest absolute Gasteiger partial charge is 0.223 e. The van der Waals surface area contributed by atoms with Gasteiger partial charge in [-0.3, -0.25) is 4.79 Å². The van der Waals surface area contributed by atoms with Gasteiger partial charge in [0.1, 0.15) is 5.82 Å². The standard InChI is InChI=1S/C18H18FNO3/c19-13-6-3-5-12(8-13)15(21)10-17(23)20-18-14-7-2-1-4-11(14)9-16(18)22/h1-8,15-16,18,21-22H,9-10H2,(H,20,23). The molecule has 0 spiro atoms. The van der Waals surface area contributed by atoms with Gasteiger partial charge >= 0.3 is 0 Å². The molecule has 3 N–H and O–H groups in total. The first-order valence-electron chi connectivity index (χ1n) is 7.53. The minimum absolute atomic E-state index is 0.186. The molecule has 2 aromatic rings. The van der Waals surface area contributed by atoms with Crippen LogP contribution in [0, 0.1) is 5.82 Å². The Labute approximate surface area is 133 Å². The van der Waals surface area contributed by atoms with E-state index in [0.29, 0.717) is 12.0 Å². The van der Waals surface area contributed by atoms with Crippen molar-refractivity contribution in [3.8, 4) is 0 Å². The summed E-state index contributed by atoms with van der Waals surface area (Å²) in [4.78, 5) is 12.1. The quantitative estimate of drug-likeness (QED) is 0.808. The van der Waals surface area contributed by atoms with E-state index in [1.54, 1.807) is 6.07 Å². The second-order valence-electron chi connectivity index (χ2n) is 5.79. The van der Waals surface area contributed by atoms with E-state index in [1.165, 1.54) is 18.2 Å². The van der Waals surface area contributed by atoms with E-state index in [9.17, 15) is 19.4 Å². The van der Waals surface area contributed by atoms with E-state index in [2.05, 4.69) is 5.32 Å². The lowest BCUT2D eigenvalue weighted by Crippen LogP contribution is -2.34. The number of amides is 1. The lowest BCUT2D eigenvalue weighted by atomic mass is 10.0. The largest absolute Gasteiger partial charge is 0.390 e. The predicted molar refractivity (Wildman–Crippen MR) is 83.0 cm³/mol. The van der Waals surface area contributed by atoms with Crippen LogP contribution in [0.4, 0.5) is 4.39 Å². The van der Waals surface area contributed by atoms with Crippen molar-refractivity contribution in [2.75, 3.05) is 0 Å². The number of benzene rings is 2. The first kappa shape index (κ1) is 15.6. The molecule has 1 aliphatic carbocycles. The lowest BCUT2D eigenvalue weighted by molar-refractivity contribution is -0.124. The second-order valence-corrected chi connectivity index (χ2v) is 5.79. The number of carbonyl (C=O) groups excluding carboxylic acids is 1. The van der Waals surface area contributed by atoms with Gasteiger partial charge in [0.25, 0.3) is 0 Å². The van der Waals surface area contributed by atoms with Gasteiger partial charge in [0.15, 0.2) is 0 Å². The molecule has 0 aliphatic heterocycles. The highest BCUT2D eigenvalue weighted by Gasteiger charge is 2.32. The highest BCUT2D eigenvalue weighted by Crippen LogP contribution is 2.31. The summed E-state index contributed by atoms with van der Waals surface area (Å²) in [5.41, 5.74) is 2.26. The third-order valence-corrected chi connectivity index (χ3v) is 4.13. The molecule has 1 amide bonds. The summed E-state index contributed by atoms with van der Waals surface area (Å²) >= 11 is 0. The Kier molecular flexibility index (Phi) is 4.41. The SMILES string of the molecule is O=C(CC(O)c1cccc(F)c1)NC1c2ccccc2CC1O. The summed E-state index contributed by atoms with van der Waals surface area (Å²) < 4.78 is 13.2. The zero-order chi connectivity index (χ0) is 16.4. The Hall–Kier alpha value is -2.24. The number of halogens is 1. The van der Waals surface area contributed by atoms with E-state index in [1.807, 2.05) is 24.3 Å². The summed E-state index contributed by atoms with van der Waals surface area (Å²) in [6, 6.07) is 12.6. The first-order valence-corrected chi connectivity index (χ1v) is 7.53. The Morgan fingerprint density at radius 2 is 2.04 bits per heavy atom. The molecule has 0 aromatic heterocycles. The Balaban J connectivity index is 1.66. The fourth-order valence-electron chi connectivity index (χ4n) is 2.99. The average molecular weight is 315 g/mol. The molecule has 0 heterocycles. The number of aliphatic hydroxyl groups excluding tert-OH is 2. The zero-order valence-electron chi connectivity index (χ0n) is 12.4.